The van der Waals surface area contributed by atoms with Crippen LogP contribution in [0.2, 0.25) is 0 Å². The second kappa shape index (κ2) is 4.75. The average Bonchev–Trinajstić information content (AvgIpc) is 2.25. The molecule has 1 heterocycles. The molecule has 0 aliphatic carbocycles. The van der Waals surface area contributed by atoms with Gasteiger partial charge in [-0.15, -0.1) is 0 Å². The Bertz CT molecular complexity index is 473. The zero-order chi connectivity index (χ0) is 14.1. The highest BCUT2D eigenvalue weighted by molar-refractivity contribution is 5.92. The normalized spacial score (nSPS) is 11.7. The van der Waals surface area contributed by atoms with E-state index < -0.39 is 41.1 Å². The van der Waals surface area contributed by atoms with Crippen molar-refractivity contribution in [1.29, 1.82) is 0 Å². The van der Waals surface area contributed by atoms with Crippen LogP contribution in [-0.2, 0) is 10.9 Å². The first-order chi connectivity index (χ1) is 8.20. The van der Waals surface area contributed by atoms with E-state index in [4.69, 9.17) is 5.73 Å². The highest BCUT2D eigenvalue weighted by Gasteiger charge is 2.38. The van der Waals surface area contributed by atoms with E-state index >= 15 is 0 Å². The molecule has 9 heteroatoms. The highest BCUT2D eigenvalue weighted by Crippen LogP contribution is 2.38. The van der Waals surface area contributed by atoms with Crippen molar-refractivity contribution in [3.05, 3.63) is 23.0 Å². The first-order valence-electron chi connectivity index (χ1n) is 4.42. The number of rotatable bonds is 2. The van der Waals surface area contributed by atoms with Crippen molar-refractivity contribution in [2.24, 2.45) is 0 Å². The van der Waals surface area contributed by atoms with Crippen LogP contribution in [0.3, 0.4) is 0 Å². The van der Waals surface area contributed by atoms with E-state index in [0.717, 1.165) is 7.11 Å². The topological polar surface area (TPSA) is 65.2 Å². The lowest BCUT2D eigenvalue weighted by Crippen LogP contribution is -2.17. The van der Waals surface area contributed by atoms with Crippen molar-refractivity contribution >= 4 is 11.7 Å². The number of alkyl halides is 5. The Balaban J connectivity index is 3.53. The number of hydrogen-bond acceptors (Lipinski definition) is 4. The molecule has 0 saturated carbocycles. The van der Waals surface area contributed by atoms with Gasteiger partial charge in [0, 0.05) is 6.20 Å². The van der Waals surface area contributed by atoms with E-state index in [1.165, 1.54) is 0 Å². The first kappa shape index (κ1) is 14.1. The molecule has 1 aromatic rings. The van der Waals surface area contributed by atoms with Gasteiger partial charge < -0.3 is 10.5 Å². The molecule has 0 unspecified atom stereocenters. The maximum absolute atomic E-state index is 12.7. The number of halogens is 5. The van der Waals surface area contributed by atoms with Gasteiger partial charge in [-0.25, -0.2) is 18.6 Å². The summed E-state index contributed by atoms with van der Waals surface area (Å²) >= 11 is 0. The Morgan fingerprint density at radius 2 is 2.00 bits per heavy atom. The van der Waals surface area contributed by atoms with Gasteiger partial charge in [-0.3, -0.25) is 0 Å². The fourth-order valence-electron chi connectivity index (χ4n) is 1.27. The van der Waals surface area contributed by atoms with Crippen LogP contribution in [0.15, 0.2) is 6.20 Å². The Morgan fingerprint density at radius 1 is 1.44 bits per heavy atom. The number of carbonyl (C=O) groups excluding carboxylic acids is 1. The van der Waals surface area contributed by atoms with Crippen molar-refractivity contribution in [2.75, 3.05) is 12.8 Å². The minimum atomic E-state index is -4.98. The molecule has 0 bridgehead atoms. The van der Waals surface area contributed by atoms with Gasteiger partial charge in [0.05, 0.1) is 23.9 Å². The fourth-order valence-corrected chi connectivity index (χ4v) is 1.27. The Labute approximate surface area is 97.6 Å². The zero-order valence-corrected chi connectivity index (χ0v) is 8.89. The summed E-state index contributed by atoms with van der Waals surface area (Å²) in [7, 11) is 0.894. The molecule has 2 N–H and O–H groups in total. The standard InChI is InChI=1S/C9H7F5N2O2/c1-18-8(17)3-2-16-6(9(12,13)14)5(15)4(3)7(10)11/h2,7H,15H2,1H3. The number of hydrogen-bond donors (Lipinski definition) is 1. The molecular formula is C9H7F5N2O2. The molecule has 0 saturated heterocycles. The summed E-state index contributed by atoms with van der Waals surface area (Å²) in [6.07, 6.45) is -7.97. The summed E-state index contributed by atoms with van der Waals surface area (Å²) in [6.45, 7) is 0. The number of ether oxygens (including phenoxy) is 1. The second-order valence-electron chi connectivity index (χ2n) is 3.14. The van der Waals surface area contributed by atoms with Crippen LogP contribution in [0.25, 0.3) is 0 Å². The monoisotopic (exact) mass is 270 g/mol. The van der Waals surface area contributed by atoms with E-state index in [1.54, 1.807) is 0 Å². The number of nitrogen functional groups attached to an aromatic ring is 1. The lowest BCUT2D eigenvalue weighted by Gasteiger charge is -2.14. The van der Waals surface area contributed by atoms with Crippen LogP contribution in [0, 0.1) is 0 Å². The zero-order valence-electron chi connectivity index (χ0n) is 8.89. The number of nitrogens with zero attached hydrogens (tertiary/aromatic N) is 1. The number of pyridine rings is 1. The summed E-state index contributed by atoms with van der Waals surface area (Å²) in [5.74, 6) is -1.24. The van der Waals surface area contributed by atoms with E-state index in [2.05, 4.69) is 9.72 Å². The number of esters is 1. The number of carbonyl (C=O) groups is 1. The molecule has 0 aliphatic heterocycles. The number of aromatic nitrogens is 1. The lowest BCUT2D eigenvalue weighted by atomic mass is 10.1. The minimum absolute atomic E-state index is 0.368. The Hall–Kier alpha value is -1.93. The van der Waals surface area contributed by atoms with Crippen molar-refractivity contribution in [3.63, 3.8) is 0 Å². The predicted molar refractivity (Wildman–Crippen MR) is 49.9 cm³/mol. The van der Waals surface area contributed by atoms with E-state index in [9.17, 15) is 26.7 Å². The summed E-state index contributed by atoms with van der Waals surface area (Å²) in [5.41, 5.74) is 0.0286. The summed E-state index contributed by atoms with van der Waals surface area (Å²) < 4.78 is 66.7. The molecule has 4 nitrogen and oxygen atoms in total. The Morgan fingerprint density at radius 3 is 2.39 bits per heavy atom. The molecule has 0 fully saturated rings. The Kier molecular flexibility index (Phi) is 3.73. The van der Waals surface area contributed by atoms with Gasteiger partial charge in [0.1, 0.15) is 0 Å². The molecule has 18 heavy (non-hydrogen) atoms. The number of nitrogens with two attached hydrogens (primary N) is 1. The third-order valence-electron chi connectivity index (χ3n) is 2.05. The third-order valence-corrected chi connectivity index (χ3v) is 2.05. The largest absolute Gasteiger partial charge is 0.465 e. The third kappa shape index (κ3) is 2.49. The van der Waals surface area contributed by atoms with Crippen molar-refractivity contribution in [3.8, 4) is 0 Å². The predicted octanol–water partition coefficient (Wildman–Crippen LogP) is 2.41. The molecule has 1 rings (SSSR count). The SMILES string of the molecule is COC(=O)c1cnc(C(F)(F)F)c(N)c1C(F)F. The smallest absolute Gasteiger partial charge is 0.435 e. The molecule has 0 amide bonds. The van der Waals surface area contributed by atoms with Crippen molar-refractivity contribution in [1.82, 2.24) is 4.98 Å². The van der Waals surface area contributed by atoms with Crippen LogP contribution >= 0.6 is 0 Å². The lowest BCUT2D eigenvalue weighted by molar-refractivity contribution is -0.140. The van der Waals surface area contributed by atoms with Crippen molar-refractivity contribution in [2.45, 2.75) is 12.6 Å². The molecule has 0 radical (unpaired) electrons. The summed E-state index contributed by atoms with van der Waals surface area (Å²) in [6, 6.07) is 0. The van der Waals surface area contributed by atoms with E-state index in [-0.39, 0.29) is 0 Å². The molecule has 0 aliphatic rings. The average molecular weight is 270 g/mol. The van der Waals surface area contributed by atoms with E-state index in [0.29, 0.717) is 6.20 Å². The number of anilines is 1. The quantitative estimate of drug-likeness (QED) is 0.662. The minimum Gasteiger partial charge on any atom is -0.465 e. The summed E-state index contributed by atoms with van der Waals surface area (Å²) in [5, 5.41) is 0. The molecule has 1 aromatic heterocycles. The molecule has 0 atom stereocenters. The molecular weight excluding hydrogens is 263 g/mol. The molecule has 100 valence electrons. The van der Waals surface area contributed by atoms with Gasteiger partial charge in [-0.1, -0.05) is 0 Å². The van der Waals surface area contributed by atoms with Gasteiger partial charge in [0.2, 0.25) is 0 Å². The van der Waals surface area contributed by atoms with Gasteiger partial charge in [0.15, 0.2) is 5.69 Å². The first-order valence-corrected chi connectivity index (χ1v) is 4.42. The summed E-state index contributed by atoms with van der Waals surface area (Å²) in [4.78, 5) is 14.0. The van der Waals surface area contributed by atoms with Gasteiger partial charge >= 0.3 is 12.1 Å². The van der Waals surface area contributed by atoms with Crippen LogP contribution in [0.4, 0.5) is 27.6 Å². The van der Waals surface area contributed by atoms with Gasteiger partial charge in [0.25, 0.3) is 6.43 Å². The van der Waals surface area contributed by atoms with Crippen LogP contribution in [0.1, 0.15) is 28.0 Å². The highest BCUT2D eigenvalue weighted by atomic mass is 19.4. The molecule has 0 aromatic carbocycles. The van der Waals surface area contributed by atoms with Crippen LogP contribution < -0.4 is 5.73 Å². The van der Waals surface area contributed by atoms with E-state index in [1.807, 2.05) is 0 Å². The fraction of sp³-hybridized carbons (Fsp3) is 0.333. The van der Waals surface area contributed by atoms with Crippen molar-refractivity contribution < 1.29 is 31.5 Å². The maximum atomic E-state index is 12.7. The second-order valence-corrected chi connectivity index (χ2v) is 3.14. The van der Waals surface area contributed by atoms with Gasteiger partial charge in [-0.2, -0.15) is 13.2 Å². The van der Waals surface area contributed by atoms with Gasteiger partial charge in [-0.05, 0) is 0 Å². The maximum Gasteiger partial charge on any atom is 0.435 e. The number of methoxy groups -OCH3 is 1. The van der Waals surface area contributed by atoms with Crippen LogP contribution in [-0.4, -0.2) is 18.1 Å². The molecule has 0 spiro atoms. The van der Waals surface area contributed by atoms with Crippen LogP contribution in [0.5, 0.6) is 0 Å².